The van der Waals surface area contributed by atoms with Crippen LogP contribution in [0.2, 0.25) is 0 Å². The maximum Gasteiger partial charge on any atom is 0.246 e. The van der Waals surface area contributed by atoms with Gasteiger partial charge in [0, 0.05) is 6.54 Å². The molecule has 2 fully saturated rings. The Morgan fingerprint density at radius 3 is 1.69 bits per heavy atom. The van der Waals surface area contributed by atoms with Crippen molar-refractivity contribution in [1.29, 1.82) is 0 Å². The second-order valence-corrected chi connectivity index (χ2v) is 9.74. The molecule has 6 atom stereocenters. The lowest BCUT2D eigenvalue weighted by atomic mass is 10.0. The predicted octanol–water partition coefficient (Wildman–Crippen LogP) is 1.40. The number of halogens is 1. The van der Waals surface area contributed by atoms with Gasteiger partial charge in [0.15, 0.2) is 0 Å². The lowest BCUT2D eigenvalue weighted by molar-refractivity contribution is -0.133. The number of aliphatic hydroxyl groups excluding tert-OH is 4. The fourth-order valence-electron chi connectivity index (χ4n) is 4.29. The van der Waals surface area contributed by atoms with Gasteiger partial charge in [-0.05, 0) is 16.7 Å². The van der Waals surface area contributed by atoms with E-state index >= 15 is 0 Å². The molecule has 0 unspecified atom stereocenters. The van der Waals surface area contributed by atoms with E-state index in [4.69, 9.17) is 20.3 Å². The molecule has 3 aromatic carbocycles. The highest BCUT2D eigenvalue weighted by Crippen LogP contribution is 2.19. The van der Waals surface area contributed by atoms with E-state index in [2.05, 4.69) is 10.6 Å². The first-order valence-corrected chi connectivity index (χ1v) is 13.6. The lowest BCUT2D eigenvalue weighted by Gasteiger charge is -2.28. The molecule has 0 spiro atoms. The van der Waals surface area contributed by atoms with Crippen LogP contribution in [0.5, 0.6) is 0 Å². The summed E-state index contributed by atoms with van der Waals surface area (Å²) in [4.78, 5) is 11.1. The molecule has 2 aliphatic heterocycles. The number of nitrogens with one attached hydrogen (secondary N) is 2. The van der Waals surface area contributed by atoms with Crippen LogP contribution < -0.4 is 16.4 Å². The van der Waals surface area contributed by atoms with Crippen LogP contribution in [0.25, 0.3) is 0 Å². The topological polar surface area (TPSA) is 167 Å². The highest BCUT2D eigenvalue weighted by Gasteiger charge is 2.26. The summed E-state index contributed by atoms with van der Waals surface area (Å²) in [6.07, 6.45) is -1.97. The predicted molar refractivity (Wildman–Crippen MR) is 162 cm³/mol. The molecule has 2 aliphatic rings. The summed E-state index contributed by atoms with van der Waals surface area (Å²) in [5.41, 5.74) is 7.91. The Balaban J connectivity index is 0.000000219. The van der Waals surface area contributed by atoms with E-state index in [-0.39, 0.29) is 43.6 Å². The van der Waals surface area contributed by atoms with Gasteiger partial charge in [-0.25, -0.2) is 0 Å². The molecule has 42 heavy (non-hydrogen) atoms. The average Bonchev–Trinajstić information content (AvgIpc) is 3.05. The van der Waals surface area contributed by atoms with Crippen LogP contribution in [-0.4, -0.2) is 84.0 Å². The van der Waals surface area contributed by atoms with E-state index in [1.807, 2.05) is 78.9 Å². The molecule has 0 aromatic heterocycles. The van der Waals surface area contributed by atoms with E-state index in [1.54, 1.807) is 12.1 Å². The molecule has 1 amide bonds. The number of morpholine rings is 2. The van der Waals surface area contributed by atoms with Gasteiger partial charge in [-0.1, -0.05) is 91.0 Å². The third-order valence-corrected chi connectivity index (χ3v) is 6.63. The maximum absolute atomic E-state index is 11.1. The van der Waals surface area contributed by atoms with E-state index in [0.717, 1.165) is 29.8 Å². The quantitative estimate of drug-likeness (QED) is 0.211. The minimum absolute atomic E-state index is 0. The number of aliphatic hydroxyl groups is 4. The fourth-order valence-corrected chi connectivity index (χ4v) is 4.29. The highest BCUT2D eigenvalue weighted by atomic mass is 35.5. The number of carbonyl (C=O) groups is 1. The van der Waals surface area contributed by atoms with E-state index < -0.39 is 24.4 Å². The van der Waals surface area contributed by atoms with Crippen LogP contribution in [0.15, 0.2) is 91.0 Å². The second-order valence-electron chi connectivity index (χ2n) is 9.74. The van der Waals surface area contributed by atoms with Crippen molar-refractivity contribution in [2.45, 2.75) is 36.4 Å². The van der Waals surface area contributed by atoms with Gasteiger partial charge < -0.3 is 46.3 Å². The average molecular weight is 604 g/mol. The first-order valence-electron chi connectivity index (χ1n) is 13.6. The Morgan fingerprint density at radius 1 is 0.762 bits per heavy atom. The zero-order valence-corrected chi connectivity index (χ0v) is 24.2. The van der Waals surface area contributed by atoms with Gasteiger partial charge in [0.2, 0.25) is 5.91 Å². The molecule has 230 valence electrons. The Labute approximate surface area is 252 Å². The molecule has 0 aliphatic carbocycles. The van der Waals surface area contributed by atoms with Crippen molar-refractivity contribution in [2.24, 2.45) is 5.73 Å². The number of rotatable bonds is 7. The van der Waals surface area contributed by atoms with Crippen LogP contribution in [0.4, 0.5) is 0 Å². The lowest BCUT2D eigenvalue weighted by Crippen LogP contribution is -2.48. The van der Waals surface area contributed by atoms with E-state index in [1.165, 1.54) is 0 Å². The maximum atomic E-state index is 11.1. The standard InChI is InChI=1S/C11H13NO3.C11H15NO2.C9H13NO2.ClH/c13-10-7-15-6-9(12-10)11(14)8-4-2-1-3-5-8;13-11(9-4-2-1-3-5-9)10-8-14-7-6-12-10;10-8(6-11)9(12)7-4-2-1-3-5-7;/h1-5,9,11,14H,6-7H2,(H,12,13);1-5,10-13H,6-8H2;1-5,8-9,11-12H,6,10H2;1H/t9-,11-;10-,11-;8-,9-;/m111./s1. The zero-order chi connectivity index (χ0) is 29.5. The summed E-state index contributed by atoms with van der Waals surface area (Å²) < 4.78 is 10.4. The number of nitrogens with two attached hydrogens (primary N) is 1. The monoisotopic (exact) mass is 603 g/mol. The van der Waals surface area contributed by atoms with Gasteiger partial charge in [-0.15, -0.1) is 12.4 Å². The van der Waals surface area contributed by atoms with Crippen LogP contribution in [0.3, 0.4) is 0 Å². The molecule has 3 aromatic rings. The molecular weight excluding hydrogens is 562 g/mol. The molecule has 8 N–H and O–H groups in total. The third-order valence-electron chi connectivity index (χ3n) is 6.63. The highest BCUT2D eigenvalue weighted by molar-refractivity contribution is 5.85. The second kappa shape index (κ2) is 19.3. The summed E-state index contributed by atoms with van der Waals surface area (Å²) in [5.74, 6) is -0.179. The summed E-state index contributed by atoms with van der Waals surface area (Å²) in [7, 11) is 0. The minimum atomic E-state index is -0.781. The molecule has 0 bridgehead atoms. The van der Waals surface area contributed by atoms with Crippen LogP contribution in [0, 0.1) is 0 Å². The molecule has 0 radical (unpaired) electrons. The number of hydrogen-bond donors (Lipinski definition) is 7. The van der Waals surface area contributed by atoms with Crippen molar-refractivity contribution in [3.05, 3.63) is 108 Å². The van der Waals surface area contributed by atoms with Crippen molar-refractivity contribution >= 4 is 18.3 Å². The van der Waals surface area contributed by atoms with Gasteiger partial charge in [0.25, 0.3) is 0 Å². The Hall–Kier alpha value is -2.90. The SMILES string of the molecule is Cl.N[C@H](CO)[C@H](O)c1ccccc1.O=C1COC[C@H]([C@H](O)c2ccccc2)N1.O[C@H](c1ccccc1)[C@H]1COCCN1. The normalized spacial score (nSPS) is 20.9. The Kier molecular flexibility index (Phi) is 16.2. The fraction of sp³-hybridized carbons (Fsp3) is 0.387. The number of carbonyl (C=O) groups excluding carboxylic acids is 1. The van der Waals surface area contributed by atoms with Crippen molar-refractivity contribution in [3.8, 4) is 0 Å². The number of ether oxygens (including phenoxy) is 2. The van der Waals surface area contributed by atoms with Crippen molar-refractivity contribution in [3.63, 3.8) is 0 Å². The third kappa shape index (κ3) is 11.4. The summed E-state index contributed by atoms with van der Waals surface area (Å²) in [6.45, 7) is 2.35. The molecule has 2 heterocycles. The van der Waals surface area contributed by atoms with Gasteiger partial charge >= 0.3 is 0 Å². The molecule has 5 rings (SSSR count). The first kappa shape index (κ1) is 35.3. The van der Waals surface area contributed by atoms with E-state index in [9.17, 15) is 20.1 Å². The van der Waals surface area contributed by atoms with Gasteiger partial charge in [-0.2, -0.15) is 0 Å². The number of amides is 1. The van der Waals surface area contributed by atoms with Crippen LogP contribution in [0.1, 0.15) is 35.0 Å². The van der Waals surface area contributed by atoms with Gasteiger partial charge in [0.05, 0.1) is 56.8 Å². The van der Waals surface area contributed by atoms with Crippen molar-refractivity contribution < 1.29 is 34.7 Å². The van der Waals surface area contributed by atoms with Crippen molar-refractivity contribution in [2.75, 3.05) is 39.6 Å². The summed E-state index contributed by atoms with van der Waals surface area (Å²) >= 11 is 0. The van der Waals surface area contributed by atoms with Crippen LogP contribution in [-0.2, 0) is 14.3 Å². The summed E-state index contributed by atoms with van der Waals surface area (Å²) in [5, 5.41) is 44.1. The Bertz CT molecular complexity index is 1130. The number of benzene rings is 3. The van der Waals surface area contributed by atoms with Crippen molar-refractivity contribution in [1.82, 2.24) is 10.6 Å². The van der Waals surface area contributed by atoms with Crippen LogP contribution >= 0.6 is 12.4 Å². The molecule has 2 saturated heterocycles. The Morgan fingerprint density at radius 2 is 1.24 bits per heavy atom. The van der Waals surface area contributed by atoms with Gasteiger partial charge in [-0.3, -0.25) is 4.79 Å². The van der Waals surface area contributed by atoms with E-state index in [0.29, 0.717) is 13.2 Å². The zero-order valence-electron chi connectivity index (χ0n) is 23.4. The number of hydrogen-bond acceptors (Lipinski definition) is 9. The summed E-state index contributed by atoms with van der Waals surface area (Å²) in [6, 6.07) is 27.0. The molecule has 0 saturated carbocycles. The molecule has 11 heteroatoms. The molecule has 10 nitrogen and oxygen atoms in total. The van der Waals surface area contributed by atoms with Gasteiger partial charge in [0.1, 0.15) is 12.7 Å². The largest absolute Gasteiger partial charge is 0.395 e. The molecular formula is C31H42ClN3O7. The smallest absolute Gasteiger partial charge is 0.246 e. The first-order chi connectivity index (χ1) is 19.9. The minimum Gasteiger partial charge on any atom is -0.395 e.